The summed E-state index contributed by atoms with van der Waals surface area (Å²) < 4.78 is 0. The fraction of sp³-hybridized carbons (Fsp3) is 0.750. The van der Waals surface area contributed by atoms with Crippen molar-refractivity contribution in [2.24, 2.45) is 0 Å². The molecule has 0 aliphatic heterocycles. The maximum Gasteiger partial charge on any atom is 1.00 e. The number of carbonyl (C=O) groups is 2. The maximum atomic E-state index is 9.49. The normalized spacial score (nSPS) is 4.45. The third kappa shape index (κ3) is 181. The van der Waals surface area contributed by atoms with Crippen molar-refractivity contribution in [1.82, 2.24) is 0 Å². The fourth-order valence-electron chi connectivity index (χ4n) is 0.408. The number of carboxylic acid groups (broad SMARTS) is 2. The molecule has 0 spiro atoms. The molecular weight excluding hydrogens is 334 g/mol. The molecule has 0 bridgehead atoms. The molecule has 136 valence electrons. The summed E-state index contributed by atoms with van der Waals surface area (Å²) in [7, 11) is 0. The minimum absolute atomic E-state index is 0. The number of hydrogen-bond donors (Lipinski definition) is 0. The van der Waals surface area contributed by atoms with Crippen molar-refractivity contribution in [3.8, 4) is 0 Å². The van der Waals surface area contributed by atoms with Crippen LogP contribution in [-0.4, -0.2) is 55.7 Å². The van der Waals surface area contributed by atoms with Crippen LogP contribution in [-0.2, 0) is 9.59 Å². The van der Waals surface area contributed by atoms with Gasteiger partial charge in [-0.25, -0.2) is 0 Å². The Bertz CT molecular complexity index is 133. The smallest absolute Gasteiger partial charge is 0.550 e. The Balaban J connectivity index is -0.00000000625. The van der Waals surface area contributed by atoms with Crippen molar-refractivity contribution >= 4 is 11.9 Å². The molecule has 12 nitrogen and oxygen atoms in total. The Labute approximate surface area is 173 Å². The van der Waals surface area contributed by atoms with Gasteiger partial charge in [0.05, 0.1) is 0 Å². The SMILES string of the molecule is CCCC(=O)[O-].CCCC(=O)[O-].O.O.O.O.O.O.O.O.[Na+].[Na+]. The Kier molecular flexibility index (Phi) is 347. The third-order valence-electron chi connectivity index (χ3n) is 0.908. The van der Waals surface area contributed by atoms with E-state index in [1.807, 2.05) is 0 Å². The van der Waals surface area contributed by atoms with Gasteiger partial charge in [-0.15, -0.1) is 0 Å². The summed E-state index contributed by atoms with van der Waals surface area (Å²) >= 11 is 0. The first-order valence-corrected chi connectivity index (χ1v) is 3.94. The fourth-order valence-corrected chi connectivity index (χ4v) is 0.408. The van der Waals surface area contributed by atoms with Crippen molar-refractivity contribution in [3.05, 3.63) is 0 Å². The zero-order valence-corrected chi connectivity index (χ0v) is 17.5. The molecule has 0 saturated carbocycles. The molecule has 0 atom stereocenters. The molecular formula is C8H30Na2O12. The minimum atomic E-state index is -0.961. The van der Waals surface area contributed by atoms with Crippen molar-refractivity contribution in [2.75, 3.05) is 0 Å². The third-order valence-corrected chi connectivity index (χ3v) is 0.908. The van der Waals surface area contributed by atoms with Crippen LogP contribution >= 0.6 is 0 Å². The summed E-state index contributed by atoms with van der Waals surface area (Å²) in [6.45, 7) is 3.60. The zero-order chi connectivity index (χ0) is 9.98. The van der Waals surface area contributed by atoms with E-state index in [1.165, 1.54) is 0 Å². The van der Waals surface area contributed by atoms with Crippen molar-refractivity contribution < 1.29 is 123 Å². The van der Waals surface area contributed by atoms with Crippen LogP contribution in [0.3, 0.4) is 0 Å². The number of rotatable bonds is 4. The van der Waals surface area contributed by atoms with E-state index in [4.69, 9.17) is 0 Å². The summed E-state index contributed by atoms with van der Waals surface area (Å²) in [6.07, 6.45) is 1.70. The summed E-state index contributed by atoms with van der Waals surface area (Å²) in [5, 5.41) is 19.0. The monoisotopic (exact) mass is 364 g/mol. The van der Waals surface area contributed by atoms with E-state index in [2.05, 4.69) is 0 Å². The molecule has 22 heavy (non-hydrogen) atoms. The van der Waals surface area contributed by atoms with Gasteiger partial charge in [0.2, 0.25) is 0 Å². The number of hydrogen-bond acceptors (Lipinski definition) is 4. The van der Waals surface area contributed by atoms with Crippen molar-refractivity contribution in [1.29, 1.82) is 0 Å². The van der Waals surface area contributed by atoms with Crippen LogP contribution in [0.1, 0.15) is 39.5 Å². The van der Waals surface area contributed by atoms with Gasteiger partial charge in [-0.2, -0.15) is 0 Å². The van der Waals surface area contributed by atoms with Crippen LogP contribution in [0, 0.1) is 0 Å². The van der Waals surface area contributed by atoms with Gasteiger partial charge < -0.3 is 63.6 Å². The first-order valence-electron chi connectivity index (χ1n) is 3.94. The zero-order valence-electron chi connectivity index (χ0n) is 13.5. The van der Waals surface area contributed by atoms with Gasteiger partial charge in [0.1, 0.15) is 0 Å². The predicted molar refractivity (Wildman–Crippen MR) is 68.7 cm³/mol. The summed E-state index contributed by atoms with van der Waals surface area (Å²) in [5.41, 5.74) is 0. The van der Waals surface area contributed by atoms with Crippen LogP contribution in [0.4, 0.5) is 0 Å². The summed E-state index contributed by atoms with van der Waals surface area (Å²) in [5.74, 6) is -1.92. The Morgan fingerprint density at radius 2 is 0.727 bits per heavy atom. The predicted octanol–water partition coefficient (Wildman–Crippen LogP) is -13.5. The van der Waals surface area contributed by atoms with E-state index in [9.17, 15) is 19.8 Å². The first kappa shape index (κ1) is 93.7. The number of carbonyl (C=O) groups excluding carboxylic acids is 2. The second-order valence-electron chi connectivity index (χ2n) is 2.24. The van der Waals surface area contributed by atoms with Crippen molar-refractivity contribution in [3.63, 3.8) is 0 Å². The Hall–Kier alpha value is 0.620. The van der Waals surface area contributed by atoms with Gasteiger partial charge in [0.15, 0.2) is 0 Å². The molecule has 0 radical (unpaired) electrons. The van der Waals surface area contributed by atoms with Gasteiger partial charge in [-0.05, 0) is 12.8 Å². The Morgan fingerprint density at radius 1 is 0.591 bits per heavy atom. The molecule has 14 heteroatoms. The van der Waals surface area contributed by atoms with E-state index < -0.39 is 11.9 Å². The average Bonchev–Trinajstić information content (AvgIpc) is 1.87. The van der Waals surface area contributed by atoms with E-state index in [1.54, 1.807) is 13.8 Å². The van der Waals surface area contributed by atoms with E-state index >= 15 is 0 Å². The molecule has 0 heterocycles. The molecule has 0 amide bonds. The van der Waals surface area contributed by atoms with E-state index in [0.29, 0.717) is 12.8 Å². The average molecular weight is 364 g/mol. The molecule has 0 aromatic rings. The van der Waals surface area contributed by atoms with Gasteiger partial charge >= 0.3 is 59.1 Å². The van der Waals surface area contributed by atoms with E-state index in [-0.39, 0.29) is 116 Å². The molecule has 0 rings (SSSR count). The molecule has 0 aliphatic carbocycles. The topological polar surface area (TPSA) is 332 Å². The van der Waals surface area contributed by atoms with Gasteiger partial charge in [-0.1, -0.05) is 26.7 Å². The van der Waals surface area contributed by atoms with Crippen LogP contribution in [0.15, 0.2) is 0 Å². The first-order chi connectivity index (χ1) is 5.54. The molecule has 0 fully saturated rings. The number of aliphatic carboxylic acids is 2. The Morgan fingerprint density at radius 3 is 0.727 bits per heavy atom. The molecule has 0 saturated heterocycles. The quantitative estimate of drug-likeness (QED) is 0.438. The van der Waals surface area contributed by atoms with Crippen LogP contribution in [0.2, 0.25) is 0 Å². The van der Waals surface area contributed by atoms with Crippen LogP contribution in [0.25, 0.3) is 0 Å². The summed E-state index contributed by atoms with van der Waals surface area (Å²) in [4.78, 5) is 19.0. The van der Waals surface area contributed by atoms with Crippen molar-refractivity contribution in [2.45, 2.75) is 39.5 Å². The number of carboxylic acids is 2. The maximum absolute atomic E-state index is 9.49. The van der Waals surface area contributed by atoms with Gasteiger partial charge in [-0.3, -0.25) is 0 Å². The summed E-state index contributed by atoms with van der Waals surface area (Å²) in [6, 6.07) is 0. The standard InChI is InChI=1S/2C4H8O2.2Na.8H2O/c2*1-2-3-4(5)6;;;;;;;;;;/h2*2-3H2,1H3,(H,5,6);;;8*1H2/q;;2*+1;;;;;;;;/p-2. The largest absolute Gasteiger partial charge is 1.00 e. The second kappa shape index (κ2) is 81.5. The minimum Gasteiger partial charge on any atom is -0.550 e. The molecule has 16 N–H and O–H groups in total. The molecule has 0 unspecified atom stereocenters. The van der Waals surface area contributed by atoms with E-state index in [0.717, 1.165) is 0 Å². The second-order valence-corrected chi connectivity index (χ2v) is 2.24. The van der Waals surface area contributed by atoms with Gasteiger partial charge in [0, 0.05) is 11.9 Å². The van der Waals surface area contributed by atoms with Crippen LogP contribution in [0.5, 0.6) is 0 Å². The molecule has 0 aromatic carbocycles. The molecule has 0 aliphatic rings. The van der Waals surface area contributed by atoms with Crippen LogP contribution < -0.4 is 69.3 Å². The molecule has 0 aromatic heterocycles. The van der Waals surface area contributed by atoms with Gasteiger partial charge in [0.25, 0.3) is 0 Å².